The first-order valence-corrected chi connectivity index (χ1v) is 3.28. The number of hydrogen-bond acceptors (Lipinski definition) is 3. The van der Waals surface area contributed by atoms with E-state index in [1.807, 2.05) is 0 Å². The van der Waals surface area contributed by atoms with Crippen molar-refractivity contribution in [1.29, 1.82) is 0 Å². The van der Waals surface area contributed by atoms with Crippen LogP contribution in [0.3, 0.4) is 0 Å². The van der Waals surface area contributed by atoms with E-state index in [9.17, 15) is 9.90 Å². The Kier molecular flexibility index (Phi) is 1.66. The molecule has 0 bridgehead atoms. The van der Waals surface area contributed by atoms with Crippen molar-refractivity contribution in [2.75, 3.05) is 0 Å². The van der Waals surface area contributed by atoms with Gasteiger partial charge in [0.15, 0.2) is 5.60 Å². The average Bonchev–Trinajstić information content (AvgIpc) is 2.15. The van der Waals surface area contributed by atoms with Crippen LogP contribution in [-0.4, -0.2) is 27.8 Å². The van der Waals surface area contributed by atoms with Crippen molar-refractivity contribution in [3.05, 3.63) is 0 Å². The molecule has 0 radical (unpaired) electrons. The van der Waals surface area contributed by atoms with Crippen LogP contribution in [0.5, 0.6) is 0 Å². The second-order valence-corrected chi connectivity index (χ2v) is 2.70. The first-order chi connectivity index (χ1) is 4.57. The SMILES string of the molecule is NC(=O)C1(O)CCCC1O. The van der Waals surface area contributed by atoms with Crippen molar-refractivity contribution in [2.24, 2.45) is 5.73 Å². The molecule has 10 heavy (non-hydrogen) atoms. The van der Waals surface area contributed by atoms with Gasteiger partial charge in [0, 0.05) is 0 Å². The zero-order chi connectivity index (χ0) is 7.78. The molecule has 1 rings (SSSR count). The molecule has 4 heteroatoms. The minimum Gasteiger partial charge on any atom is -0.390 e. The van der Waals surface area contributed by atoms with Crippen LogP contribution < -0.4 is 5.73 Å². The topological polar surface area (TPSA) is 83.6 Å². The Labute approximate surface area is 58.6 Å². The van der Waals surface area contributed by atoms with Crippen molar-refractivity contribution in [2.45, 2.75) is 31.0 Å². The largest absolute Gasteiger partial charge is 0.390 e. The Balaban J connectivity index is 2.75. The standard InChI is InChI=1S/C6H11NO3/c7-5(9)6(10)3-1-2-4(6)8/h4,8,10H,1-3H2,(H2,7,9). The van der Waals surface area contributed by atoms with E-state index in [1.54, 1.807) is 0 Å². The van der Waals surface area contributed by atoms with E-state index in [0.29, 0.717) is 12.8 Å². The average molecular weight is 145 g/mol. The Morgan fingerprint density at radius 2 is 2.30 bits per heavy atom. The molecule has 0 aromatic heterocycles. The number of aliphatic hydroxyl groups excluding tert-OH is 1. The van der Waals surface area contributed by atoms with Crippen molar-refractivity contribution in [3.8, 4) is 0 Å². The van der Waals surface area contributed by atoms with Crippen molar-refractivity contribution >= 4 is 5.91 Å². The van der Waals surface area contributed by atoms with E-state index in [0.717, 1.165) is 0 Å². The lowest BCUT2D eigenvalue weighted by molar-refractivity contribution is -0.145. The number of carbonyl (C=O) groups excluding carboxylic acids is 1. The summed E-state index contributed by atoms with van der Waals surface area (Å²) in [6, 6.07) is 0. The van der Waals surface area contributed by atoms with Gasteiger partial charge in [-0.25, -0.2) is 0 Å². The maximum atomic E-state index is 10.5. The molecule has 1 aliphatic rings. The highest BCUT2D eigenvalue weighted by molar-refractivity contribution is 5.84. The molecule has 4 nitrogen and oxygen atoms in total. The molecule has 4 N–H and O–H groups in total. The highest BCUT2D eigenvalue weighted by Crippen LogP contribution is 2.29. The number of primary amides is 1. The lowest BCUT2D eigenvalue weighted by atomic mass is 10.00. The summed E-state index contributed by atoms with van der Waals surface area (Å²) >= 11 is 0. The molecule has 2 atom stereocenters. The second-order valence-electron chi connectivity index (χ2n) is 2.70. The third-order valence-electron chi connectivity index (χ3n) is 2.01. The van der Waals surface area contributed by atoms with Gasteiger partial charge in [-0.15, -0.1) is 0 Å². The van der Waals surface area contributed by atoms with Gasteiger partial charge in [-0.05, 0) is 19.3 Å². The van der Waals surface area contributed by atoms with Gasteiger partial charge >= 0.3 is 0 Å². The number of hydrogen-bond donors (Lipinski definition) is 3. The van der Waals surface area contributed by atoms with Gasteiger partial charge in [0.25, 0.3) is 5.91 Å². The summed E-state index contributed by atoms with van der Waals surface area (Å²) in [6.45, 7) is 0. The van der Waals surface area contributed by atoms with Gasteiger partial charge < -0.3 is 15.9 Å². The first kappa shape index (κ1) is 7.50. The van der Waals surface area contributed by atoms with Crippen molar-refractivity contribution < 1.29 is 15.0 Å². The minimum absolute atomic E-state index is 0.281. The molecule has 0 spiro atoms. The fraction of sp³-hybridized carbons (Fsp3) is 0.833. The van der Waals surface area contributed by atoms with E-state index >= 15 is 0 Å². The number of carbonyl (C=O) groups is 1. The van der Waals surface area contributed by atoms with Crippen LogP contribution >= 0.6 is 0 Å². The van der Waals surface area contributed by atoms with Crippen LogP contribution in [0.1, 0.15) is 19.3 Å². The Bertz CT molecular complexity index is 159. The summed E-state index contributed by atoms with van der Waals surface area (Å²) in [4.78, 5) is 10.5. The molecule has 0 heterocycles. The van der Waals surface area contributed by atoms with Gasteiger partial charge in [-0.3, -0.25) is 4.79 Å². The molecule has 58 valence electrons. The molecule has 0 aliphatic heterocycles. The van der Waals surface area contributed by atoms with E-state index in [-0.39, 0.29) is 6.42 Å². The molecule has 0 saturated heterocycles. The Hall–Kier alpha value is -0.610. The Morgan fingerprint density at radius 3 is 2.50 bits per heavy atom. The maximum absolute atomic E-state index is 10.5. The monoisotopic (exact) mass is 145 g/mol. The summed E-state index contributed by atoms with van der Waals surface area (Å²) in [5, 5.41) is 18.4. The molecule has 1 amide bonds. The summed E-state index contributed by atoms with van der Waals surface area (Å²) in [5.41, 5.74) is 3.22. The fourth-order valence-electron chi connectivity index (χ4n) is 1.26. The second kappa shape index (κ2) is 2.21. The lowest BCUT2D eigenvalue weighted by Crippen LogP contribution is -2.49. The van der Waals surface area contributed by atoms with Crippen LogP contribution in [0, 0.1) is 0 Å². The molecule has 1 aliphatic carbocycles. The van der Waals surface area contributed by atoms with Crippen LogP contribution in [0.25, 0.3) is 0 Å². The smallest absolute Gasteiger partial charge is 0.252 e. The van der Waals surface area contributed by atoms with Crippen LogP contribution in [0.15, 0.2) is 0 Å². The van der Waals surface area contributed by atoms with E-state index in [2.05, 4.69) is 0 Å². The van der Waals surface area contributed by atoms with E-state index < -0.39 is 17.6 Å². The third-order valence-corrected chi connectivity index (χ3v) is 2.01. The molecule has 1 fully saturated rings. The summed E-state index contributed by atoms with van der Waals surface area (Å²) in [5.74, 6) is -0.822. The van der Waals surface area contributed by atoms with Gasteiger partial charge in [0.2, 0.25) is 0 Å². The predicted molar refractivity (Wildman–Crippen MR) is 34.0 cm³/mol. The third kappa shape index (κ3) is 0.892. The van der Waals surface area contributed by atoms with E-state index in [1.165, 1.54) is 0 Å². The van der Waals surface area contributed by atoms with Gasteiger partial charge in [0.05, 0.1) is 6.10 Å². The zero-order valence-electron chi connectivity index (χ0n) is 5.58. The molecule has 0 aromatic carbocycles. The van der Waals surface area contributed by atoms with Crippen LogP contribution in [0.2, 0.25) is 0 Å². The highest BCUT2D eigenvalue weighted by atomic mass is 16.4. The zero-order valence-corrected chi connectivity index (χ0v) is 5.58. The molecular formula is C6H11NO3. The summed E-state index contributed by atoms with van der Waals surface area (Å²) in [6.07, 6.45) is 0.425. The van der Waals surface area contributed by atoms with Crippen LogP contribution in [0.4, 0.5) is 0 Å². The number of rotatable bonds is 1. The molecule has 1 saturated carbocycles. The van der Waals surface area contributed by atoms with Gasteiger partial charge in [-0.1, -0.05) is 0 Å². The molecular weight excluding hydrogens is 134 g/mol. The maximum Gasteiger partial charge on any atom is 0.252 e. The van der Waals surface area contributed by atoms with Crippen LogP contribution in [-0.2, 0) is 4.79 Å². The van der Waals surface area contributed by atoms with Crippen molar-refractivity contribution in [1.82, 2.24) is 0 Å². The predicted octanol–water partition coefficient (Wildman–Crippen LogP) is -1.25. The number of aliphatic hydroxyl groups is 2. The Morgan fingerprint density at radius 1 is 1.70 bits per heavy atom. The van der Waals surface area contributed by atoms with Crippen molar-refractivity contribution in [3.63, 3.8) is 0 Å². The highest BCUT2D eigenvalue weighted by Gasteiger charge is 2.45. The number of nitrogens with two attached hydrogens (primary N) is 1. The quantitative estimate of drug-likeness (QED) is 0.431. The minimum atomic E-state index is -1.65. The summed E-state index contributed by atoms with van der Waals surface area (Å²) < 4.78 is 0. The fourth-order valence-corrected chi connectivity index (χ4v) is 1.26. The lowest BCUT2D eigenvalue weighted by Gasteiger charge is -2.21. The van der Waals surface area contributed by atoms with E-state index in [4.69, 9.17) is 10.8 Å². The normalized spacial score (nSPS) is 40.0. The first-order valence-electron chi connectivity index (χ1n) is 3.28. The number of amides is 1. The molecule has 2 unspecified atom stereocenters. The molecule has 0 aromatic rings. The summed E-state index contributed by atoms with van der Waals surface area (Å²) in [7, 11) is 0. The van der Waals surface area contributed by atoms with Gasteiger partial charge in [-0.2, -0.15) is 0 Å². The van der Waals surface area contributed by atoms with Gasteiger partial charge in [0.1, 0.15) is 0 Å².